The predicted molar refractivity (Wildman–Crippen MR) is 81.6 cm³/mol. The van der Waals surface area contributed by atoms with E-state index < -0.39 is 0 Å². The molecule has 0 saturated heterocycles. The molecule has 2 aromatic rings. The van der Waals surface area contributed by atoms with Crippen molar-refractivity contribution in [2.24, 2.45) is 0 Å². The molecule has 0 fully saturated rings. The number of rotatable bonds is 5. The number of benzene rings is 1. The second-order valence-corrected chi connectivity index (χ2v) is 4.94. The summed E-state index contributed by atoms with van der Waals surface area (Å²) >= 11 is 0. The van der Waals surface area contributed by atoms with Crippen molar-refractivity contribution in [2.45, 2.75) is 6.92 Å². The zero-order chi connectivity index (χ0) is 16.2. The molecule has 0 saturated carbocycles. The summed E-state index contributed by atoms with van der Waals surface area (Å²) < 4.78 is 15.6. The minimum Gasteiger partial charge on any atom is -0.459 e. The third kappa shape index (κ3) is 3.28. The number of fused-ring (bicyclic) bond motifs is 1. The first-order chi connectivity index (χ1) is 11.1. The highest BCUT2D eigenvalue weighted by atomic mass is 16.7. The molecule has 1 aliphatic rings. The Morgan fingerprint density at radius 2 is 2.04 bits per heavy atom. The van der Waals surface area contributed by atoms with E-state index in [0.717, 1.165) is 0 Å². The summed E-state index contributed by atoms with van der Waals surface area (Å²) in [7, 11) is 0. The van der Waals surface area contributed by atoms with Gasteiger partial charge in [-0.3, -0.25) is 9.59 Å². The smallest absolute Gasteiger partial charge is 0.287 e. The summed E-state index contributed by atoms with van der Waals surface area (Å²) in [5.74, 6) is 1.06. The maximum atomic E-state index is 11.9. The number of amides is 2. The lowest BCUT2D eigenvalue weighted by molar-refractivity contribution is -0.116. The Hall–Kier alpha value is -2.96. The van der Waals surface area contributed by atoms with Crippen LogP contribution >= 0.6 is 0 Å². The van der Waals surface area contributed by atoms with Crippen LogP contribution in [0.15, 0.2) is 41.0 Å². The first kappa shape index (κ1) is 15.0. The van der Waals surface area contributed by atoms with Crippen LogP contribution in [-0.4, -0.2) is 31.7 Å². The Labute approximate surface area is 132 Å². The van der Waals surface area contributed by atoms with Gasteiger partial charge in [0, 0.05) is 31.8 Å². The van der Waals surface area contributed by atoms with Gasteiger partial charge in [0.2, 0.25) is 12.7 Å². The predicted octanol–water partition coefficient (Wildman–Crippen LogP) is 1.79. The van der Waals surface area contributed by atoms with Crippen LogP contribution in [0.3, 0.4) is 0 Å². The SMILES string of the molecule is CC(=O)N(CCNC(=O)c1ccco1)c1ccc2c(c1)OCO2. The summed E-state index contributed by atoms with van der Waals surface area (Å²) in [6.07, 6.45) is 1.43. The number of hydrogen-bond donors (Lipinski definition) is 1. The number of nitrogens with one attached hydrogen (secondary N) is 1. The van der Waals surface area contributed by atoms with E-state index in [1.54, 1.807) is 35.2 Å². The fourth-order valence-electron chi connectivity index (χ4n) is 2.30. The van der Waals surface area contributed by atoms with Crippen molar-refractivity contribution in [1.82, 2.24) is 5.32 Å². The fourth-order valence-corrected chi connectivity index (χ4v) is 2.30. The van der Waals surface area contributed by atoms with E-state index in [4.69, 9.17) is 13.9 Å². The second kappa shape index (κ2) is 6.43. The monoisotopic (exact) mass is 316 g/mol. The molecular formula is C16H16N2O5. The Balaban J connectivity index is 1.63. The summed E-state index contributed by atoms with van der Waals surface area (Å²) in [5.41, 5.74) is 0.689. The van der Waals surface area contributed by atoms with E-state index in [9.17, 15) is 9.59 Å². The Morgan fingerprint density at radius 1 is 1.22 bits per heavy atom. The van der Waals surface area contributed by atoms with Crippen LogP contribution in [0.5, 0.6) is 11.5 Å². The van der Waals surface area contributed by atoms with Crippen molar-refractivity contribution in [3.8, 4) is 11.5 Å². The molecule has 1 aliphatic heterocycles. The van der Waals surface area contributed by atoms with E-state index in [0.29, 0.717) is 30.3 Å². The lowest BCUT2D eigenvalue weighted by Gasteiger charge is -2.21. The van der Waals surface area contributed by atoms with Gasteiger partial charge in [-0.25, -0.2) is 0 Å². The molecular weight excluding hydrogens is 300 g/mol. The van der Waals surface area contributed by atoms with Crippen LogP contribution < -0.4 is 19.7 Å². The molecule has 0 unspecified atom stereocenters. The number of nitrogens with zero attached hydrogens (tertiary/aromatic N) is 1. The zero-order valence-corrected chi connectivity index (χ0v) is 12.6. The quantitative estimate of drug-likeness (QED) is 0.909. The Morgan fingerprint density at radius 3 is 2.78 bits per heavy atom. The van der Waals surface area contributed by atoms with Crippen molar-refractivity contribution in [3.05, 3.63) is 42.4 Å². The number of carbonyl (C=O) groups excluding carboxylic acids is 2. The number of hydrogen-bond acceptors (Lipinski definition) is 5. The van der Waals surface area contributed by atoms with Crippen molar-refractivity contribution < 1.29 is 23.5 Å². The van der Waals surface area contributed by atoms with Crippen LogP contribution in [-0.2, 0) is 4.79 Å². The second-order valence-electron chi connectivity index (χ2n) is 4.94. The Kier molecular flexibility index (Phi) is 4.18. The maximum absolute atomic E-state index is 11.9. The first-order valence-electron chi connectivity index (χ1n) is 7.14. The van der Waals surface area contributed by atoms with E-state index in [-0.39, 0.29) is 24.4 Å². The van der Waals surface area contributed by atoms with Gasteiger partial charge in [-0.15, -0.1) is 0 Å². The molecule has 0 atom stereocenters. The number of furan rings is 1. The average Bonchev–Trinajstić information content (AvgIpc) is 3.20. The zero-order valence-electron chi connectivity index (χ0n) is 12.6. The molecule has 0 aliphatic carbocycles. The van der Waals surface area contributed by atoms with E-state index in [1.807, 2.05) is 0 Å². The largest absolute Gasteiger partial charge is 0.459 e. The molecule has 120 valence electrons. The van der Waals surface area contributed by atoms with Gasteiger partial charge in [-0.2, -0.15) is 0 Å². The molecule has 0 spiro atoms. The van der Waals surface area contributed by atoms with Gasteiger partial charge in [0.1, 0.15) is 0 Å². The summed E-state index contributed by atoms with van der Waals surface area (Å²) in [4.78, 5) is 25.2. The Bertz CT molecular complexity index is 711. The van der Waals surface area contributed by atoms with E-state index >= 15 is 0 Å². The minimum absolute atomic E-state index is 0.129. The fraction of sp³-hybridized carbons (Fsp3) is 0.250. The molecule has 3 rings (SSSR count). The number of anilines is 1. The van der Waals surface area contributed by atoms with E-state index in [2.05, 4.69) is 5.32 Å². The van der Waals surface area contributed by atoms with Crippen molar-refractivity contribution in [3.63, 3.8) is 0 Å². The van der Waals surface area contributed by atoms with Gasteiger partial charge < -0.3 is 24.1 Å². The molecule has 0 radical (unpaired) electrons. The third-order valence-corrected chi connectivity index (χ3v) is 3.41. The van der Waals surface area contributed by atoms with Crippen molar-refractivity contribution in [1.29, 1.82) is 0 Å². The average molecular weight is 316 g/mol. The van der Waals surface area contributed by atoms with Crippen LogP contribution in [0, 0.1) is 0 Å². The highest BCUT2D eigenvalue weighted by Gasteiger charge is 2.18. The molecule has 0 bridgehead atoms. The number of carbonyl (C=O) groups is 2. The van der Waals surface area contributed by atoms with Crippen LogP contribution in [0.25, 0.3) is 0 Å². The van der Waals surface area contributed by atoms with Crippen molar-refractivity contribution in [2.75, 3.05) is 24.8 Å². The van der Waals surface area contributed by atoms with Crippen LogP contribution in [0.1, 0.15) is 17.5 Å². The van der Waals surface area contributed by atoms with Gasteiger partial charge in [-0.1, -0.05) is 0 Å². The summed E-state index contributed by atoms with van der Waals surface area (Å²) in [6.45, 7) is 2.28. The molecule has 2 amide bonds. The van der Waals surface area contributed by atoms with Gasteiger partial charge >= 0.3 is 0 Å². The molecule has 1 aromatic carbocycles. The highest BCUT2D eigenvalue weighted by molar-refractivity contribution is 5.93. The first-order valence-corrected chi connectivity index (χ1v) is 7.14. The molecule has 1 aromatic heterocycles. The molecule has 7 heteroatoms. The highest BCUT2D eigenvalue weighted by Crippen LogP contribution is 2.35. The lowest BCUT2D eigenvalue weighted by atomic mass is 10.2. The lowest BCUT2D eigenvalue weighted by Crippen LogP contribution is -2.37. The summed E-state index contributed by atoms with van der Waals surface area (Å²) in [6, 6.07) is 8.51. The van der Waals surface area contributed by atoms with Crippen LogP contribution in [0.2, 0.25) is 0 Å². The van der Waals surface area contributed by atoms with Crippen LogP contribution in [0.4, 0.5) is 5.69 Å². The summed E-state index contributed by atoms with van der Waals surface area (Å²) in [5, 5.41) is 2.71. The minimum atomic E-state index is -0.316. The van der Waals surface area contributed by atoms with Gasteiger partial charge in [0.25, 0.3) is 5.91 Å². The van der Waals surface area contributed by atoms with Gasteiger partial charge in [0.05, 0.1) is 6.26 Å². The molecule has 2 heterocycles. The third-order valence-electron chi connectivity index (χ3n) is 3.41. The molecule has 7 nitrogen and oxygen atoms in total. The molecule has 23 heavy (non-hydrogen) atoms. The standard InChI is InChI=1S/C16H16N2O5/c1-11(19)18(7-6-17-16(20)14-3-2-8-21-14)12-4-5-13-15(9-12)23-10-22-13/h2-5,8-9H,6-7,10H2,1H3,(H,17,20). The topological polar surface area (TPSA) is 81.0 Å². The van der Waals surface area contributed by atoms with Gasteiger partial charge in [-0.05, 0) is 24.3 Å². The number of ether oxygens (including phenoxy) is 2. The maximum Gasteiger partial charge on any atom is 0.287 e. The van der Waals surface area contributed by atoms with Crippen molar-refractivity contribution >= 4 is 17.5 Å². The van der Waals surface area contributed by atoms with E-state index in [1.165, 1.54) is 13.2 Å². The molecule has 1 N–H and O–H groups in total. The van der Waals surface area contributed by atoms with Gasteiger partial charge in [0.15, 0.2) is 17.3 Å². The normalized spacial score (nSPS) is 12.0.